The van der Waals surface area contributed by atoms with Crippen LogP contribution in [0.5, 0.6) is 11.6 Å². The summed E-state index contributed by atoms with van der Waals surface area (Å²) in [5, 5.41) is 12.6. The number of pyridine rings is 1. The van der Waals surface area contributed by atoms with Gasteiger partial charge in [-0.05, 0) is 18.2 Å². The number of carbonyl (C=O) groups is 2. The molecule has 0 unspecified atom stereocenters. The quantitative estimate of drug-likeness (QED) is 0.521. The first kappa shape index (κ1) is 17.1. The van der Waals surface area contributed by atoms with E-state index in [1.807, 2.05) is 18.2 Å². The molecule has 2 N–H and O–H groups in total. The minimum Gasteiger partial charge on any atom is -0.477 e. The van der Waals surface area contributed by atoms with Crippen LogP contribution in [-0.4, -0.2) is 32.1 Å². The molecule has 1 aromatic carbocycles. The van der Waals surface area contributed by atoms with Gasteiger partial charge in [0.25, 0.3) is 0 Å². The lowest BCUT2D eigenvalue weighted by Gasteiger charge is -2.27. The van der Waals surface area contributed by atoms with Crippen LogP contribution in [0.4, 0.5) is 22.0 Å². The molecule has 0 aliphatic carbocycles. The van der Waals surface area contributed by atoms with E-state index in [1.54, 1.807) is 18.2 Å². The largest absolute Gasteiger partial charge is 0.477 e. The van der Waals surface area contributed by atoms with Crippen molar-refractivity contribution in [2.45, 2.75) is 0 Å². The van der Waals surface area contributed by atoms with Crippen LogP contribution in [0.2, 0.25) is 0 Å². The average molecular weight is 405 g/mol. The van der Waals surface area contributed by atoms with Crippen molar-refractivity contribution in [1.82, 2.24) is 15.0 Å². The van der Waals surface area contributed by atoms with Gasteiger partial charge in [0.2, 0.25) is 5.88 Å². The third kappa shape index (κ3) is 2.82. The Balaban J connectivity index is 1.54. The second kappa shape index (κ2) is 6.53. The van der Waals surface area contributed by atoms with Gasteiger partial charge in [0.1, 0.15) is 15.5 Å². The highest BCUT2D eigenvalue weighted by atomic mass is 32.1. The monoisotopic (exact) mass is 405 g/mol. The fourth-order valence-corrected chi connectivity index (χ4v) is 4.01. The molecule has 0 radical (unpaired) electrons. The number of carbonyl (C=O) groups excluding carboxylic acids is 1. The Morgan fingerprint density at radius 3 is 2.66 bits per heavy atom. The van der Waals surface area contributed by atoms with Crippen molar-refractivity contribution in [1.29, 1.82) is 0 Å². The number of ether oxygens (including phenoxy) is 1. The SMILES string of the molecule is O=C(O)c1sc2nccc3c2c1NC(=O)N3c1cnc(Oc2ccccc2)cn1. The molecule has 1 aliphatic heterocycles. The normalized spacial score (nSPS) is 12.7. The second-order valence-corrected chi connectivity index (χ2v) is 7.01. The molecule has 0 spiro atoms. The van der Waals surface area contributed by atoms with Crippen molar-refractivity contribution in [2.75, 3.05) is 10.2 Å². The molecule has 0 atom stereocenters. The van der Waals surface area contributed by atoms with Gasteiger partial charge < -0.3 is 15.2 Å². The molecule has 4 aromatic rings. The molecule has 142 valence electrons. The number of anilines is 3. The molecule has 0 saturated heterocycles. The van der Waals surface area contributed by atoms with Crippen LogP contribution in [0, 0.1) is 0 Å². The van der Waals surface area contributed by atoms with E-state index in [2.05, 4.69) is 20.3 Å². The van der Waals surface area contributed by atoms with E-state index in [-0.39, 0.29) is 22.3 Å². The van der Waals surface area contributed by atoms with Crippen molar-refractivity contribution in [3.63, 3.8) is 0 Å². The maximum Gasteiger partial charge on any atom is 0.348 e. The fraction of sp³-hybridized carbons (Fsp3) is 0. The third-order valence-corrected chi connectivity index (χ3v) is 5.34. The molecule has 2 amide bonds. The van der Waals surface area contributed by atoms with Gasteiger partial charge in [-0.15, -0.1) is 11.3 Å². The van der Waals surface area contributed by atoms with Gasteiger partial charge in [0, 0.05) is 6.20 Å². The minimum absolute atomic E-state index is 0.0330. The number of aromatic carboxylic acids is 1. The van der Waals surface area contributed by atoms with Crippen LogP contribution in [0.3, 0.4) is 0 Å². The van der Waals surface area contributed by atoms with E-state index < -0.39 is 12.0 Å². The van der Waals surface area contributed by atoms with Crippen molar-refractivity contribution >= 4 is 50.7 Å². The van der Waals surface area contributed by atoms with Crippen LogP contribution in [0.25, 0.3) is 10.2 Å². The van der Waals surface area contributed by atoms with E-state index in [4.69, 9.17) is 4.74 Å². The van der Waals surface area contributed by atoms with Gasteiger partial charge in [-0.25, -0.2) is 29.4 Å². The predicted octanol–water partition coefficient (Wildman–Crippen LogP) is 4.26. The summed E-state index contributed by atoms with van der Waals surface area (Å²) in [4.78, 5) is 38.9. The van der Waals surface area contributed by atoms with Gasteiger partial charge in [0.05, 0.1) is 29.2 Å². The van der Waals surface area contributed by atoms with Crippen LogP contribution >= 0.6 is 11.3 Å². The summed E-state index contributed by atoms with van der Waals surface area (Å²) in [7, 11) is 0. The number of aromatic nitrogens is 3. The van der Waals surface area contributed by atoms with Gasteiger partial charge in [0.15, 0.2) is 5.82 Å². The average Bonchev–Trinajstić information content (AvgIpc) is 3.10. The number of nitrogens with zero attached hydrogens (tertiary/aromatic N) is 4. The number of rotatable bonds is 4. The topological polar surface area (TPSA) is 118 Å². The third-order valence-electron chi connectivity index (χ3n) is 4.25. The van der Waals surface area contributed by atoms with Crippen molar-refractivity contribution < 1.29 is 19.4 Å². The Labute approximate surface area is 167 Å². The number of amides is 2. The number of thiophene rings is 1. The van der Waals surface area contributed by atoms with Crippen LogP contribution in [0.1, 0.15) is 9.67 Å². The number of hydrogen-bond donors (Lipinski definition) is 2. The number of carboxylic acids is 1. The highest BCUT2D eigenvalue weighted by molar-refractivity contribution is 7.21. The zero-order valence-electron chi connectivity index (χ0n) is 14.6. The van der Waals surface area contributed by atoms with Crippen molar-refractivity contribution in [3.05, 3.63) is 59.9 Å². The summed E-state index contributed by atoms with van der Waals surface area (Å²) in [5.74, 6) is 0.0425. The highest BCUT2D eigenvalue weighted by Crippen LogP contribution is 2.45. The summed E-state index contributed by atoms with van der Waals surface area (Å²) in [6, 6.07) is 10.2. The minimum atomic E-state index is -1.12. The van der Waals surface area contributed by atoms with E-state index in [0.717, 1.165) is 11.3 Å². The molecule has 29 heavy (non-hydrogen) atoms. The summed E-state index contributed by atoms with van der Waals surface area (Å²) in [6.45, 7) is 0. The molecule has 0 bridgehead atoms. The first-order valence-corrected chi connectivity index (χ1v) is 9.24. The molecular formula is C19H11N5O4S. The zero-order chi connectivity index (χ0) is 20.0. The van der Waals surface area contributed by atoms with Gasteiger partial charge in [-0.2, -0.15) is 0 Å². The molecule has 0 saturated carbocycles. The van der Waals surface area contributed by atoms with Crippen LogP contribution in [-0.2, 0) is 0 Å². The van der Waals surface area contributed by atoms with E-state index in [1.165, 1.54) is 23.5 Å². The molecule has 4 heterocycles. The van der Waals surface area contributed by atoms with E-state index >= 15 is 0 Å². The first-order chi connectivity index (χ1) is 14.1. The summed E-state index contributed by atoms with van der Waals surface area (Å²) >= 11 is 1.01. The van der Waals surface area contributed by atoms with Gasteiger partial charge >= 0.3 is 12.0 Å². The summed E-state index contributed by atoms with van der Waals surface area (Å²) in [5.41, 5.74) is 0.738. The maximum absolute atomic E-state index is 12.8. The molecule has 0 fully saturated rings. The zero-order valence-corrected chi connectivity index (χ0v) is 15.4. The maximum atomic E-state index is 12.8. The Morgan fingerprint density at radius 2 is 1.93 bits per heavy atom. The number of nitrogens with one attached hydrogen (secondary N) is 1. The van der Waals surface area contributed by atoms with Crippen molar-refractivity contribution in [2.24, 2.45) is 0 Å². The lowest BCUT2D eigenvalue weighted by molar-refractivity contribution is 0.0703. The Bertz CT molecular complexity index is 1260. The Morgan fingerprint density at radius 1 is 1.10 bits per heavy atom. The number of hydrogen-bond acceptors (Lipinski definition) is 7. The van der Waals surface area contributed by atoms with Gasteiger partial charge in [-0.1, -0.05) is 18.2 Å². The smallest absolute Gasteiger partial charge is 0.348 e. The first-order valence-electron chi connectivity index (χ1n) is 8.42. The lowest BCUT2D eigenvalue weighted by atomic mass is 10.1. The standard InChI is InChI=1S/C19H11N5O4S/c25-18(26)16-15-14-11(6-7-20-17(14)29-16)24(19(27)23-15)12-8-22-13(9-21-12)28-10-4-2-1-3-5-10/h1-9H,(H,23,27)(H,25,26). The molecular weight excluding hydrogens is 394 g/mol. The molecule has 9 nitrogen and oxygen atoms in total. The molecule has 10 heteroatoms. The number of benzene rings is 1. The predicted molar refractivity (Wildman–Crippen MR) is 106 cm³/mol. The van der Waals surface area contributed by atoms with Crippen molar-refractivity contribution in [3.8, 4) is 11.6 Å². The van der Waals surface area contributed by atoms with E-state index in [9.17, 15) is 14.7 Å². The second-order valence-electron chi connectivity index (χ2n) is 6.02. The summed E-state index contributed by atoms with van der Waals surface area (Å²) < 4.78 is 5.62. The van der Waals surface area contributed by atoms with Crippen LogP contribution in [0.15, 0.2) is 55.0 Å². The van der Waals surface area contributed by atoms with Crippen LogP contribution < -0.4 is 15.0 Å². The molecule has 5 rings (SSSR count). The summed E-state index contributed by atoms with van der Waals surface area (Å²) in [6.07, 6.45) is 4.36. The Kier molecular flexibility index (Phi) is 3.85. The number of para-hydroxylation sites is 1. The number of urea groups is 1. The number of carboxylic acid groups (broad SMARTS) is 1. The molecule has 1 aliphatic rings. The molecule has 3 aromatic heterocycles. The highest BCUT2D eigenvalue weighted by Gasteiger charge is 2.33. The van der Waals surface area contributed by atoms with E-state index in [0.29, 0.717) is 21.7 Å². The lowest BCUT2D eigenvalue weighted by Crippen LogP contribution is -2.34. The van der Waals surface area contributed by atoms with Gasteiger partial charge in [-0.3, -0.25) is 0 Å². The fourth-order valence-electron chi connectivity index (χ4n) is 3.05. The Hall–Kier alpha value is -4.05.